The molecule has 0 saturated heterocycles. The van der Waals surface area contributed by atoms with Crippen LogP contribution in [-0.4, -0.2) is 36.9 Å². The first-order valence-electron chi connectivity index (χ1n) is 10.4. The van der Waals surface area contributed by atoms with Crippen molar-refractivity contribution in [2.45, 2.75) is 50.5 Å². The molecule has 7 nitrogen and oxygen atoms in total. The van der Waals surface area contributed by atoms with E-state index in [0.29, 0.717) is 35.9 Å². The summed E-state index contributed by atoms with van der Waals surface area (Å²) in [7, 11) is 2.90. The second kappa shape index (κ2) is 9.83. The molecule has 0 radical (unpaired) electrons. The third kappa shape index (κ3) is 5.98. The van der Waals surface area contributed by atoms with Gasteiger partial charge in [0.05, 0.1) is 31.9 Å². The summed E-state index contributed by atoms with van der Waals surface area (Å²) in [5.74, 6) is 0.538. The van der Waals surface area contributed by atoms with Crippen molar-refractivity contribution in [3.05, 3.63) is 53.6 Å². The Morgan fingerprint density at radius 2 is 1.74 bits per heavy atom. The molecule has 0 aliphatic heterocycles. The number of urea groups is 1. The number of amides is 2. The highest BCUT2D eigenvalue weighted by Gasteiger charge is 2.35. The summed E-state index contributed by atoms with van der Waals surface area (Å²) in [4.78, 5) is 23.9. The predicted molar refractivity (Wildman–Crippen MR) is 120 cm³/mol. The van der Waals surface area contributed by atoms with Crippen molar-refractivity contribution in [1.29, 1.82) is 0 Å². The molecule has 2 amide bonds. The van der Waals surface area contributed by atoms with Crippen molar-refractivity contribution in [2.24, 2.45) is 0 Å². The first kappa shape index (κ1) is 22.6. The largest absolute Gasteiger partial charge is 0.495 e. The molecule has 0 bridgehead atoms. The number of aryl methyl sites for hydroxylation is 1. The molecule has 0 unspecified atom stereocenters. The lowest BCUT2D eigenvalue weighted by molar-refractivity contribution is -0.147. The average molecular weight is 427 g/mol. The van der Waals surface area contributed by atoms with Crippen LogP contribution in [0.5, 0.6) is 5.75 Å². The molecule has 1 saturated carbocycles. The number of nitrogens with one attached hydrogen (secondary N) is 2. The van der Waals surface area contributed by atoms with Crippen LogP contribution in [0, 0.1) is 6.92 Å². The maximum Gasteiger partial charge on any atom is 0.323 e. The van der Waals surface area contributed by atoms with E-state index in [1.165, 1.54) is 7.11 Å². The van der Waals surface area contributed by atoms with Gasteiger partial charge in [0.25, 0.3) is 0 Å². The third-order valence-electron chi connectivity index (χ3n) is 5.86. The number of hydrogen-bond donors (Lipinski definition) is 3. The van der Waals surface area contributed by atoms with Gasteiger partial charge in [-0.3, -0.25) is 4.79 Å². The fourth-order valence-corrected chi connectivity index (χ4v) is 4.05. The zero-order valence-electron chi connectivity index (χ0n) is 18.2. The number of anilines is 2. The molecule has 0 spiro atoms. The van der Waals surface area contributed by atoms with Crippen LogP contribution in [0.3, 0.4) is 0 Å². The van der Waals surface area contributed by atoms with Crippen LogP contribution in [0.4, 0.5) is 16.2 Å². The summed E-state index contributed by atoms with van der Waals surface area (Å²) >= 11 is 0. The fraction of sp³-hybridized carbons (Fsp3) is 0.417. The first-order valence-corrected chi connectivity index (χ1v) is 10.4. The molecule has 1 fully saturated rings. The number of hydrogen-bond acceptors (Lipinski definition) is 5. The molecule has 3 rings (SSSR count). The fourth-order valence-electron chi connectivity index (χ4n) is 4.05. The van der Waals surface area contributed by atoms with Crippen molar-refractivity contribution >= 4 is 23.4 Å². The summed E-state index contributed by atoms with van der Waals surface area (Å²) in [5, 5.41) is 16.2. The van der Waals surface area contributed by atoms with Gasteiger partial charge in [0, 0.05) is 5.69 Å². The summed E-state index contributed by atoms with van der Waals surface area (Å²) in [5.41, 5.74) is 2.50. The van der Waals surface area contributed by atoms with Gasteiger partial charge in [-0.2, -0.15) is 0 Å². The molecule has 0 aromatic heterocycles. The minimum absolute atomic E-state index is 0.0416. The predicted octanol–water partition coefficient (Wildman–Crippen LogP) is 4.60. The lowest BCUT2D eigenvalue weighted by Gasteiger charge is -2.35. The molecule has 1 aliphatic carbocycles. The van der Waals surface area contributed by atoms with Gasteiger partial charge in [-0.1, -0.05) is 18.2 Å². The second-order valence-electron chi connectivity index (χ2n) is 8.16. The highest BCUT2D eigenvalue weighted by atomic mass is 16.5. The number of methoxy groups -OCH3 is 2. The van der Waals surface area contributed by atoms with Crippen LogP contribution in [0.1, 0.15) is 49.1 Å². The number of carbonyl (C=O) groups excluding carboxylic acids is 2. The van der Waals surface area contributed by atoms with E-state index in [1.807, 2.05) is 49.4 Å². The molecule has 1 aliphatic rings. The van der Waals surface area contributed by atoms with Crippen LogP contribution in [0.15, 0.2) is 42.5 Å². The first-order chi connectivity index (χ1) is 14.8. The van der Waals surface area contributed by atoms with Crippen LogP contribution >= 0.6 is 0 Å². The Morgan fingerprint density at radius 3 is 2.35 bits per heavy atom. The highest BCUT2D eigenvalue weighted by molar-refractivity contribution is 6.00. The maximum absolute atomic E-state index is 12.4. The van der Waals surface area contributed by atoms with Crippen LogP contribution in [-0.2, 0) is 9.53 Å². The summed E-state index contributed by atoms with van der Waals surface area (Å²) < 4.78 is 9.98. The Morgan fingerprint density at radius 1 is 1.06 bits per heavy atom. The van der Waals surface area contributed by atoms with E-state index in [1.54, 1.807) is 7.11 Å². The molecular weight excluding hydrogens is 396 g/mol. The van der Waals surface area contributed by atoms with Gasteiger partial charge in [0.1, 0.15) is 5.75 Å². The Balaban J connectivity index is 1.56. The monoisotopic (exact) mass is 426 g/mol. The molecule has 2 aromatic rings. The average Bonchev–Trinajstić information content (AvgIpc) is 2.75. The smallest absolute Gasteiger partial charge is 0.323 e. The van der Waals surface area contributed by atoms with Gasteiger partial charge in [-0.05, 0) is 73.9 Å². The van der Waals surface area contributed by atoms with E-state index in [0.717, 1.165) is 24.0 Å². The third-order valence-corrected chi connectivity index (χ3v) is 5.86. The topological polar surface area (TPSA) is 96.9 Å². The van der Waals surface area contributed by atoms with E-state index in [2.05, 4.69) is 15.4 Å². The maximum atomic E-state index is 12.4. The van der Waals surface area contributed by atoms with E-state index >= 15 is 0 Å². The number of aliphatic hydroxyl groups is 1. The molecule has 7 heteroatoms. The van der Waals surface area contributed by atoms with E-state index in [4.69, 9.17) is 4.74 Å². The summed E-state index contributed by atoms with van der Waals surface area (Å²) in [6.45, 7) is 1.95. The van der Waals surface area contributed by atoms with Gasteiger partial charge in [0.2, 0.25) is 0 Å². The van der Waals surface area contributed by atoms with E-state index < -0.39 is 5.60 Å². The Kier molecular flexibility index (Phi) is 7.17. The molecule has 31 heavy (non-hydrogen) atoms. The zero-order valence-corrected chi connectivity index (χ0v) is 18.2. The van der Waals surface area contributed by atoms with Crippen molar-refractivity contribution in [3.63, 3.8) is 0 Å². The quantitative estimate of drug-likeness (QED) is 0.587. The highest BCUT2D eigenvalue weighted by Crippen LogP contribution is 2.40. The Labute approximate surface area is 182 Å². The molecule has 3 N–H and O–H groups in total. The second-order valence-corrected chi connectivity index (χ2v) is 8.16. The SMILES string of the molecule is COC(=O)C[C@]1(O)CC[C@@H](c2ccc(NC(=O)Nc3cc(C)ccc3OC)cc2)CC1. The van der Waals surface area contributed by atoms with Gasteiger partial charge in [-0.25, -0.2) is 4.79 Å². The summed E-state index contributed by atoms with van der Waals surface area (Å²) in [6, 6.07) is 13.0. The standard InChI is InChI=1S/C24H30N2O5/c1-16-4-9-21(30-2)20(14-16)26-23(28)25-19-7-5-17(6-8-19)18-10-12-24(29,13-11-18)15-22(27)31-3/h4-9,14,18,29H,10-13,15H2,1-3H3,(H2,25,26,28)/t18-,24+. The Bertz CT molecular complexity index is 918. The molecular formula is C24H30N2O5. The van der Waals surface area contributed by atoms with Crippen molar-refractivity contribution in [3.8, 4) is 5.75 Å². The lowest BCUT2D eigenvalue weighted by atomic mass is 9.75. The van der Waals surface area contributed by atoms with Crippen LogP contribution in [0.25, 0.3) is 0 Å². The van der Waals surface area contributed by atoms with Crippen molar-refractivity contribution in [1.82, 2.24) is 0 Å². The minimum Gasteiger partial charge on any atom is -0.495 e. The number of esters is 1. The number of rotatable bonds is 6. The summed E-state index contributed by atoms with van der Waals surface area (Å²) in [6.07, 6.45) is 2.77. The normalized spacial score (nSPS) is 20.6. The van der Waals surface area contributed by atoms with Crippen LogP contribution in [0.2, 0.25) is 0 Å². The van der Waals surface area contributed by atoms with E-state index in [-0.39, 0.29) is 18.4 Å². The van der Waals surface area contributed by atoms with Gasteiger partial charge >= 0.3 is 12.0 Å². The molecule has 0 heterocycles. The minimum atomic E-state index is -0.972. The number of carbonyl (C=O) groups is 2. The van der Waals surface area contributed by atoms with Gasteiger partial charge < -0.3 is 25.2 Å². The molecule has 2 aromatic carbocycles. The van der Waals surface area contributed by atoms with Crippen molar-refractivity contribution < 1.29 is 24.2 Å². The van der Waals surface area contributed by atoms with E-state index in [9.17, 15) is 14.7 Å². The molecule has 0 atom stereocenters. The molecule has 166 valence electrons. The lowest BCUT2D eigenvalue weighted by Crippen LogP contribution is -2.36. The number of benzene rings is 2. The van der Waals surface area contributed by atoms with Gasteiger partial charge in [-0.15, -0.1) is 0 Å². The van der Waals surface area contributed by atoms with Gasteiger partial charge in [0.15, 0.2) is 0 Å². The Hall–Kier alpha value is -3.06. The van der Waals surface area contributed by atoms with Crippen molar-refractivity contribution in [2.75, 3.05) is 24.9 Å². The van der Waals surface area contributed by atoms with Crippen LogP contribution < -0.4 is 15.4 Å². The zero-order chi connectivity index (χ0) is 22.4. The number of ether oxygens (including phenoxy) is 2.